The summed E-state index contributed by atoms with van der Waals surface area (Å²) in [4.78, 5) is 0.972. The molecule has 1 heterocycles. The van der Waals surface area contributed by atoms with Crippen molar-refractivity contribution < 1.29 is 5.11 Å². The molecule has 84 valence electrons. The third-order valence-corrected chi connectivity index (χ3v) is 4.28. The molecule has 3 heteroatoms. The van der Waals surface area contributed by atoms with Gasteiger partial charge in [-0.05, 0) is 39.5 Å². The number of rotatable bonds is 3. The average molecular weight is 297 g/mol. The van der Waals surface area contributed by atoms with Crippen LogP contribution in [0.15, 0.2) is 40.2 Å². The predicted octanol–water partition coefficient (Wildman–Crippen LogP) is 4.15. The first-order chi connectivity index (χ1) is 7.70. The quantitative estimate of drug-likeness (QED) is 0.902. The largest absolute Gasteiger partial charge is 0.383 e. The van der Waals surface area contributed by atoms with Gasteiger partial charge >= 0.3 is 0 Å². The average Bonchev–Trinajstić information content (AvgIpc) is 2.75. The van der Waals surface area contributed by atoms with Crippen LogP contribution in [0.25, 0.3) is 0 Å². The molecule has 1 N–H and O–H groups in total. The maximum absolute atomic E-state index is 10.2. The van der Waals surface area contributed by atoms with Crippen molar-refractivity contribution in [3.8, 4) is 0 Å². The highest BCUT2D eigenvalue weighted by atomic mass is 79.9. The number of halogens is 1. The van der Waals surface area contributed by atoms with Gasteiger partial charge in [-0.3, -0.25) is 0 Å². The molecular weight excluding hydrogens is 284 g/mol. The molecule has 1 nitrogen and oxygen atoms in total. The van der Waals surface area contributed by atoms with Gasteiger partial charge in [0.25, 0.3) is 0 Å². The van der Waals surface area contributed by atoms with E-state index in [1.54, 1.807) is 11.3 Å². The number of thiophene rings is 1. The lowest BCUT2D eigenvalue weighted by Crippen LogP contribution is -1.97. The fourth-order valence-electron chi connectivity index (χ4n) is 1.62. The summed E-state index contributed by atoms with van der Waals surface area (Å²) in [6.45, 7) is 2.12. The van der Waals surface area contributed by atoms with E-state index in [-0.39, 0.29) is 0 Å². The van der Waals surface area contributed by atoms with Crippen LogP contribution in [0.1, 0.15) is 29.0 Å². The van der Waals surface area contributed by atoms with Crippen molar-refractivity contribution in [2.75, 3.05) is 0 Å². The van der Waals surface area contributed by atoms with Crippen molar-refractivity contribution in [1.82, 2.24) is 0 Å². The van der Waals surface area contributed by atoms with Crippen LogP contribution in [0.3, 0.4) is 0 Å². The highest BCUT2D eigenvalue weighted by Crippen LogP contribution is 2.30. The van der Waals surface area contributed by atoms with Crippen LogP contribution < -0.4 is 0 Å². The Bertz CT molecular complexity index is 478. The van der Waals surface area contributed by atoms with E-state index < -0.39 is 6.10 Å². The summed E-state index contributed by atoms with van der Waals surface area (Å²) in [6.07, 6.45) is 0.483. The van der Waals surface area contributed by atoms with Gasteiger partial charge < -0.3 is 5.11 Å². The second kappa shape index (κ2) is 5.13. The van der Waals surface area contributed by atoms with Crippen molar-refractivity contribution in [2.24, 2.45) is 0 Å². The first-order valence-electron chi connectivity index (χ1n) is 5.21. The van der Waals surface area contributed by atoms with Crippen LogP contribution in [0.2, 0.25) is 0 Å². The molecule has 0 saturated heterocycles. The highest BCUT2D eigenvalue weighted by molar-refractivity contribution is 9.10. The molecular formula is C13H13BrOS. The first kappa shape index (κ1) is 11.8. The zero-order chi connectivity index (χ0) is 11.5. The molecule has 1 atom stereocenters. The molecule has 1 aromatic heterocycles. The molecule has 0 aliphatic heterocycles. The van der Waals surface area contributed by atoms with Gasteiger partial charge in [-0.2, -0.15) is 0 Å². The summed E-state index contributed by atoms with van der Waals surface area (Å²) in [5, 5.41) is 12.2. The standard InChI is InChI=1S/C13H13BrOS/c1-2-9-4-3-5-10(6-9)13(15)12-7-11(14)8-16-12/h3-8,13,15H,2H2,1H3. The van der Waals surface area contributed by atoms with Crippen molar-refractivity contribution in [1.29, 1.82) is 0 Å². The number of aryl methyl sites for hydroxylation is 1. The molecule has 1 aromatic carbocycles. The van der Waals surface area contributed by atoms with Crippen LogP contribution >= 0.6 is 27.3 Å². The highest BCUT2D eigenvalue weighted by Gasteiger charge is 2.12. The molecule has 0 aliphatic rings. The smallest absolute Gasteiger partial charge is 0.113 e. The van der Waals surface area contributed by atoms with Crippen LogP contribution in [-0.4, -0.2) is 5.11 Å². The van der Waals surface area contributed by atoms with E-state index in [4.69, 9.17) is 0 Å². The Balaban J connectivity index is 2.29. The molecule has 1 unspecified atom stereocenters. The lowest BCUT2D eigenvalue weighted by Gasteiger charge is -2.09. The molecule has 0 aliphatic carbocycles. The summed E-state index contributed by atoms with van der Waals surface area (Å²) in [5.41, 5.74) is 2.22. The fourth-order valence-corrected chi connectivity index (χ4v) is 3.07. The van der Waals surface area contributed by atoms with Gasteiger partial charge in [0.15, 0.2) is 0 Å². The topological polar surface area (TPSA) is 20.2 Å². The molecule has 0 saturated carbocycles. The van der Waals surface area contributed by atoms with Gasteiger partial charge in [0, 0.05) is 14.7 Å². The van der Waals surface area contributed by atoms with Crippen LogP contribution in [-0.2, 0) is 6.42 Å². The Morgan fingerprint density at radius 2 is 2.19 bits per heavy atom. The molecule has 0 spiro atoms. The lowest BCUT2D eigenvalue weighted by molar-refractivity contribution is 0.224. The third-order valence-electron chi connectivity index (χ3n) is 2.53. The molecule has 2 aromatic rings. The molecule has 0 bridgehead atoms. The number of benzene rings is 1. The zero-order valence-corrected chi connectivity index (χ0v) is 11.4. The van der Waals surface area contributed by atoms with Crippen molar-refractivity contribution >= 4 is 27.3 Å². The third kappa shape index (κ3) is 2.54. The van der Waals surface area contributed by atoms with Crippen LogP contribution in [0, 0.1) is 0 Å². The van der Waals surface area contributed by atoms with E-state index in [1.165, 1.54) is 5.56 Å². The summed E-state index contributed by atoms with van der Waals surface area (Å²) >= 11 is 4.97. The maximum atomic E-state index is 10.2. The molecule has 2 rings (SSSR count). The first-order valence-corrected chi connectivity index (χ1v) is 6.89. The fraction of sp³-hybridized carbons (Fsp3) is 0.231. The summed E-state index contributed by atoms with van der Waals surface area (Å²) in [6, 6.07) is 10.1. The van der Waals surface area contributed by atoms with E-state index in [0.717, 1.165) is 21.3 Å². The Morgan fingerprint density at radius 3 is 2.81 bits per heavy atom. The molecule has 0 fully saturated rings. The zero-order valence-electron chi connectivity index (χ0n) is 8.98. The van der Waals surface area contributed by atoms with Crippen LogP contribution in [0.4, 0.5) is 0 Å². The second-order valence-electron chi connectivity index (χ2n) is 3.67. The minimum absolute atomic E-state index is 0.511. The Labute approximate surface area is 108 Å². The second-order valence-corrected chi connectivity index (χ2v) is 5.53. The minimum atomic E-state index is -0.511. The molecule has 0 radical (unpaired) electrons. The maximum Gasteiger partial charge on any atom is 0.113 e. The van der Waals surface area contributed by atoms with Crippen molar-refractivity contribution in [3.05, 3.63) is 56.2 Å². The van der Waals surface area contributed by atoms with Gasteiger partial charge in [-0.1, -0.05) is 31.2 Å². The predicted molar refractivity (Wildman–Crippen MR) is 71.9 cm³/mol. The SMILES string of the molecule is CCc1cccc(C(O)c2cc(Br)cs2)c1. The van der Waals surface area contributed by atoms with E-state index >= 15 is 0 Å². The van der Waals surface area contributed by atoms with Gasteiger partial charge in [0.1, 0.15) is 6.10 Å². The molecule has 0 amide bonds. The van der Waals surface area contributed by atoms with Gasteiger partial charge in [-0.25, -0.2) is 0 Å². The van der Waals surface area contributed by atoms with E-state index in [0.29, 0.717) is 0 Å². The summed E-state index contributed by atoms with van der Waals surface area (Å²) in [5.74, 6) is 0. The van der Waals surface area contributed by atoms with Gasteiger partial charge in [0.05, 0.1) is 0 Å². The van der Waals surface area contributed by atoms with E-state index in [2.05, 4.69) is 35.0 Å². The van der Waals surface area contributed by atoms with Crippen molar-refractivity contribution in [3.63, 3.8) is 0 Å². The normalized spacial score (nSPS) is 12.7. The summed E-state index contributed by atoms with van der Waals surface area (Å²) in [7, 11) is 0. The molecule has 16 heavy (non-hydrogen) atoms. The van der Waals surface area contributed by atoms with Crippen LogP contribution in [0.5, 0.6) is 0 Å². The van der Waals surface area contributed by atoms with E-state index in [1.807, 2.05) is 23.6 Å². The lowest BCUT2D eigenvalue weighted by atomic mass is 10.0. The Kier molecular flexibility index (Phi) is 3.79. The van der Waals surface area contributed by atoms with Gasteiger partial charge in [0.2, 0.25) is 0 Å². The van der Waals surface area contributed by atoms with Gasteiger partial charge in [-0.15, -0.1) is 11.3 Å². The number of aliphatic hydroxyl groups excluding tert-OH is 1. The Morgan fingerprint density at radius 1 is 1.38 bits per heavy atom. The number of hydrogen-bond acceptors (Lipinski definition) is 2. The number of aliphatic hydroxyl groups is 1. The summed E-state index contributed by atoms with van der Waals surface area (Å²) < 4.78 is 1.03. The monoisotopic (exact) mass is 296 g/mol. The number of hydrogen-bond donors (Lipinski definition) is 1. The Hall–Kier alpha value is -0.640. The minimum Gasteiger partial charge on any atom is -0.383 e. The van der Waals surface area contributed by atoms with E-state index in [9.17, 15) is 5.11 Å². The van der Waals surface area contributed by atoms with Crippen molar-refractivity contribution in [2.45, 2.75) is 19.4 Å².